The van der Waals surface area contributed by atoms with Crippen LogP contribution in [0.3, 0.4) is 0 Å². The third-order valence-corrected chi connectivity index (χ3v) is 6.62. The maximum atomic E-state index is 11.2. The molecule has 0 spiro atoms. The van der Waals surface area contributed by atoms with Crippen LogP contribution >= 0.6 is 0 Å². The molecule has 0 atom stereocenters. The molecule has 12 heteroatoms. The summed E-state index contributed by atoms with van der Waals surface area (Å²) in [5, 5.41) is 12.8. The van der Waals surface area contributed by atoms with Gasteiger partial charge in [-0.25, -0.2) is 22.8 Å². The van der Waals surface area contributed by atoms with Crippen molar-refractivity contribution in [2.75, 3.05) is 50.5 Å². The molecule has 1 aliphatic rings. The van der Waals surface area contributed by atoms with E-state index in [1.54, 1.807) is 4.68 Å². The van der Waals surface area contributed by atoms with Crippen LogP contribution in [0.1, 0.15) is 11.3 Å². The quantitative estimate of drug-likeness (QED) is 0.324. The fraction of sp³-hybridized carbons (Fsp3) is 0.375. The summed E-state index contributed by atoms with van der Waals surface area (Å²) in [5.41, 5.74) is 4.66. The summed E-state index contributed by atoms with van der Waals surface area (Å²) >= 11 is 0. The minimum Gasteiger partial charge on any atom is -0.378 e. The van der Waals surface area contributed by atoms with Gasteiger partial charge >= 0.3 is 0 Å². The van der Waals surface area contributed by atoms with Gasteiger partial charge in [-0.15, -0.1) is 0 Å². The van der Waals surface area contributed by atoms with Gasteiger partial charge in [0.1, 0.15) is 5.82 Å². The molecular weight excluding hydrogens is 480 g/mol. The molecule has 4 heterocycles. The highest BCUT2D eigenvalue weighted by atomic mass is 32.2. The largest absolute Gasteiger partial charge is 0.378 e. The number of benzene rings is 1. The van der Waals surface area contributed by atoms with E-state index in [4.69, 9.17) is 19.9 Å². The van der Waals surface area contributed by atoms with Crippen molar-refractivity contribution >= 4 is 21.5 Å². The highest BCUT2D eigenvalue weighted by molar-refractivity contribution is 7.88. The Kier molecular flexibility index (Phi) is 7.01. The predicted molar refractivity (Wildman–Crippen MR) is 138 cm³/mol. The molecule has 5 rings (SSSR count). The summed E-state index contributed by atoms with van der Waals surface area (Å²) in [7, 11) is -3.20. The molecule has 190 valence electrons. The highest BCUT2D eigenvalue weighted by Gasteiger charge is 2.19. The maximum Gasteiger partial charge on any atom is 0.208 e. The third kappa shape index (κ3) is 5.73. The van der Waals surface area contributed by atoms with E-state index in [0.29, 0.717) is 44.3 Å². The SMILES string of the molecule is Cc1cccc(-c2ccn(-c3cc(N4CCOCC4)n4nc(CNCCNS(C)(=O)=O)cc4n3)n2)c1. The zero-order valence-corrected chi connectivity index (χ0v) is 21.2. The normalized spacial score (nSPS) is 14.6. The van der Waals surface area contributed by atoms with Gasteiger partial charge in [0.05, 0.1) is 30.9 Å². The van der Waals surface area contributed by atoms with E-state index in [-0.39, 0.29) is 0 Å². The molecule has 0 bridgehead atoms. The molecule has 36 heavy (non-hydrogen) atoms. The monoisotopic (exact) mass is 510 g/mol. The van der Waals surface area contributed by atoms with E-state index >= 15 is 0 Å². The molecule has 11 nitrogen and oxygen atoms in total. The van der Waals surface area contributed by atoms with Gasteiger partial charge in [-0.05, 0) is 19.1 Å². The molecule has 0 radical (unpaired) electrons. The lowest BCUT2D eigenvalue weighted by Crippen LogP contribution is -2.37. The maximum absolute atomic E-state index is 11.2. The lowest BCUT2D eigenvalue weighted by atomic mass is 10.1. The van der Waals surface area contributed by atoms with Crippen LogP contribution in [-0.2, 0) is 21.3 Å². The van der Waals surface area contributed by atoms with Crippen LogP contribution in [0.5, 0.6) is 0 Å². The van der Waals surface area contributed by atoms with E-state index in [2.05, 4.69) is 40.1 Å². The predicted octanol–water partition coefficient (Wildman–Crippen LogP) is 1.37. The Morgan fingerprint density at radius 3 is 2.67 bits per heavy atom. The van der Waals surface area contributed by atoms with Crippen LogP contribution in [0.2, 0.25) is 0 Å². The van der Waals surface area contributed by atoms with Crippen molar-refractivity contribution in [2.45, 2.75) is 13.5 Å². The number of aromatic nitrogens is 5. The van der Waals surface area contributed by atoms with Gasteiger partial charge in [0, 0.05) is 56.6 Å². The summed E-state index contributed by atoms with van der Waals surface area (Å²) in [6.45, 7) is 6.20. The zero-order valence-electron chi connectivity index (χ0n) is 20.4. The topological polar surface area (TPSA) is 119 Å². The summed E-state index contributed by atoms with van der Waals surface area (Å²) in [6.07, 6.45) is 3.07. The van der Waals surface area contributed by atoms with Crippen molar-refractivity contribution < 1.29 is 13.2 Å². The van der Waals surface area contributed by atoms with Gasteiger partial charge in [0.25, 0.3) is 0 Å². The van der Waals surface area contributed by atoms with Crippen LogP contribution in [0.15, 0.2) is 48.7 Å². The van der Waals surface area contributed by atoms with Crippen LogP contribution in [0.25, 0.3) is 22.7 Å². The first-order valence-electron chi connectivity index (χ1n) is 11.9. The smallest absolute Gasteiger partial charge is 0.208 e. The minimum absolute atomic E-state index is 0.316. The summed E-state index contributed by atoms with van der Waals surface area (Å²) in [6, 6.07) is 14.2. The first-order chi connectivity index (χ1) is 17.4. The number of fused-ring (bicyclic) bond motifs is 1. The summed E-state index contributed by atoms with van der Waals surface area (Å²) < 4.78 is 34.1. The van der Waals surface area contributed by atoms with Gasteiger partial charge < -0.3 is 15.0 Å². The Hall–Kier alpha value is -3.32. The Balaban J connectivity index is 1.43. The van der Waals surface area contributed by atoms with Crippen LogP contribution in [0.4, 0.5) is 5.82 Å². The van der Waals surface area contributed by atoms with E-state index < -0.39 is 10.0 Å². The Morgan fingerprint density at radius 2 is 1.89 bits per heavy atom. The van der Waals surface area contributed by atoms with Crippen LogP contribution in [-0.4, -0.2) is 78.4 Å². The number of sulfonamides is 1. The first kappa shape index (κ1) is 24.4. The average Bonchev–Trinajstić information content (AvgIpc) is 3.50. The van der Waals surface area contributed by atoms with Crippen molar-refractivity contribution in [3.63, 3.8) is 0 Å². The second kappa shape index (κ2) is 10.3. The number of nitrogens with one attached hydrogen (secondary N) is 2. The van der Waals surface area contributed by atoms with Crippen molar-refractivity contribution in [1.29, 1.82) is 0 Å². The van der Waals surface area contributed by atoms with E-state index in [1.165, 1.54) is 5.56 Å². The number of rotatable bonds is 9. The number of nitrogens with zero attached hydrogens (tertiary/aromatic N) is 6. The zero-order chi connectivity index (χ0) is 25.1. The fourth-order valence-electron chi connectivity index (χ4n) is 4.17. The number of ether oxygens (including phenoxy) is 1. The van der Waals surface area contributed by atoms with Crippen molar-refractivity contribution in [3.05, 3.63) is 59.9 Å². The highest BCUT2D eigenvalue weighted by Crippen LogP contribution is 2.23. The minimum atomic E-state index is -3.20. The van der Waals surface area contributed by atoms with E-state index in [9.17, 15) is 8.42 Å². The van der Waals surface area contributed by atoms with Crippen molar-refractivity contribution in [2.24, 2.45) is 0 Å². The number of hydrogen-bond donors (Lipinski definition) is 2. The van der Waals surface area contributed by atoms with Gasteiger partial charge in [-0.3, -0.25) is 0 Å². The Morgan fingerprint density at radius 1 is 1.06 bits per heavy atom. The summed E-state index contributed by atoms with van der Waals surface area (Å²) in [5.74, 6) is 1.63. The van der Waals surface area contributed by atoms with Crippen LogP contribution < -0.4 is 14.9 Å². The Bertz CT molecular complexity index is 1460. The number of anilines is 1. The molecule has 1 fully saturated rings. The van der Waals surface area contributed by atoms with Crippen molar-refractivity contribution in [3.8, 4) is 17.1 Å². The first-order valence-corrected chi connectivity index (χ1v) is 13.8. The number of aryl methyl sites for hydroxylation is 1. The molecule has 2 N–H and O–H groups in total. The molecule has 0 aliphatic carbocycles. The molecule has 0 saturated carbocycles. The summed E-state index contributed by atoms with van der Waals surface area (Å²) in [4.78, 5) is 7.09. The third-order valence-electron chi connectivity index (χ3n) is 5.89. The van der Waals surface area contributed by atoms with Gasteiger partial charge in [-0.1, -0.05) is 23.8 Å². The molecule has 3 aromatic heterocycles. The van der Waals surface area contributed by atoms with E-state index in [0.717, 1.165) is 42.1 Å². The van der Waals surface area contributed by atoms with Gasteiger partial charge in [0.2, 0.25) is 10.0 Å². The molecule has 0 unspecified atom stereocenters. The fourth-order valence-corrected chi connectivity index (χ4v) is 4.64. The standard InChI is InChI=1S/C24H30N8O3S/c1-18-4-3-5-19(14-18)21-6-9-31(29-21)22-16-24(30-10-12-35-13-11-30)32-23(27-22)15-20(28-32)17-25-7-8-26-36(2,33)34/h3-6,9,14-16,25-26H,7-8,10-13,17H2,1-2H3. The second-order valence-electron chi connectivity index (χ2n) is 8.84. The molecule has 1 aliphatic heterocycles. The lowest BCUT2D eigenvalue weighted by molar-refractivity contribution is 0.122. The molecule has 1 saturated heterocycles. The number of hydrogen-bond acceptors (Lipinski definition) is 8. The molecule has 1 aromatic carbocycles. The Labute approximate surface area is 210 Å². The van der Waals surface area contributed by atoms with Crippen LogP contribution in [0, 0.1) is 6.92 Å². The molecule has 4 aromatic rings. The van der Waals surface area contributed by atoms with Gasteiger partial charge in [0.15, 0.2) is 11.5 Å². The lowest BCUT2D eigenvalue weighted by Gasteiger charge is -2.29. The molecular formula is C24H30N8O3S. The second-order valence-corrected chi connectivity index (χ2v) is 10.7. The average molecular weight is 511 g/mol. The van der Waals surface area contributed by atoms with E-state index in [1.807, 2.05) is 35.0 Å². The number of morpholine rings is 1. The van der Waals surface area contributed by atoms with Gasteiger partial charge in [-0.2, -0.15) is 14.7 Å². The van der Waals surface area contributed by atoms with Crippen molar-refractivity contribution in [1.82, 2.24) is 34.4 Å². The molecule has 0 amide bonds.